The van der Waals surface area contributed by atoms with Crippen LogP contribution < -0.4 is 4.90 Å². The van der Waals surface area contributed by atoms with Crippen LogP contribution >= 0.6 is 11.3 Å². The number of quaternary nitrogens is 1. The van der Waals surface area contributed by atoms with Gasteiger partial charge in [-0.2, -0.15) is 4.52 Å². The fraction of sp³-hybridized carbons (Fsp3) is 0.300. The maximum atomic E-state index is 10.9. The summed E-state index contributed by atoms with van der Waals surface area (Å²) in [5.74, 6) is 1.78. The lowest BCUT2D eigenvalue weighted by molar-refractivity contribution is -0.941. The van der Waals surface area contributed by atoms with Crippen LogP contribution in [0.2, 0.25) is 0 Å². The van der Waals surface area contributed by atoms with E-state index in [0.29, 0.717) is 0 Å². The van der Waals surface area contributed by atoms with Gasteiger partial charge in [0.05, 0.1) is 12.8 Å². The number of furan rings is 1. The van der Waals surface area contributed by atoms with Crippen LogP contribution in [0.15, 0.2) is 47.1 Å². The zero-order valence-corrected chi connectivity index (χ0v) is 15.9. The normalized spacial score (nSPS) is 17.9. The monoisotopic (exact) mass is 381 g/mol. The summed E-state index contributed by atoms with van der Waals surface area (Å²) in [5, 5.41) is 15.3. The van der Waals surface area contributed by atoms with Crippen molar-refractivity contribution in [1.29, 1.82) is 0 Å². The molecule has 0 saturated heterocycles. The van der Waals surface area contributed by atoms with E-state index < -0.39 is 0 Å². The number of benzene rings is 1. The smallest absolute Gasteiger partial charge is 0.235 e. The largest absolute Gasteiger partial charge is 0.492 e. The topological polar surface area (TPSA) is 68.0 Å². The third kappa shape index (κ3) is 2.74. The Balaban J connectivity index is 1.59. The van der Waals surface area contributed by atoms with E-state index in [-0.39, 0.29) is 11.9 Å². The van der Waals surface area contributed by atoms with Crippen molar-refractivity contribution in [2.24, 2.45) is 0 Å². The minimum absolute atomic E-state index is 0.0769. The zero-order valence-electron chi connectivity index (χ0n) is 15.1. The predicted molar refractivity (Wildman–Crippen MR) is 102 cm³/mol. The van der Waals surface area contributed by atoms with Crippen molar-refractivity contribution in [2.45, 2.75) is 32.4 Å². The van der Waals surface area contributed by atoms with Gasteiger partial charge in [-0.15, -0.1) is 5.10 Å². The van der Waals surface area contributed by atoms with Gasteiger partial charge in [-0.3, -0.25) is 0 Å². The van der Waals surface area contributed by atoms with Crippen LogP contribution in [0.5, 0.6) is 5.88 Å². The molecule has 27 heavy (non-hydrogen) atoms. The first-order chi connectivity index (χ1) is 13.2. The van der Waals surface area contributed by atoms with E-state index in [1.807, 2.05) is 19.1 Å². The van der Waals surface area contributed by atoms with E-state index >= 15 is 0 Å². The van der Waals surface area contributed by atoms with E-state index in [1.165, 1.54) is 27.4 Å². The first kappa shape index (κ1) is 16.5. The summed E-state index contributed by atoms with van der Waals surface area (Å²) in [7, 11) is 0. The Morgan fingerprint density at radius 1 is 1.26 bits per heavy atom. The summed E-state index contributed by atoms with van der Waals surface area (Å²) in [6.07, 6.45) is 3.46. The molecule has 1 aliphatic heterocycles. The zero-order chi connectivity index (χ0) is 18.4. The molecule has 138 valence electrons. The molecule has 0 bridgehead atoms. The maximum absolute atomic E-state index is 10.9. The highest BCUT2D eigenvalue weighted by atomic mass is 32.1. The highest BCUT2D eigenvalue weighted by molar-refractivity contribution is 7.17. The highest BCUT2D eigenvalue weighted by Gasteiger charge is 2.36. The number of nitrogens with zero attached hydrogens (tertiary/aromatic N) is 3. The van der Waals surface area contributed by atoms with Crippen molar-refractivity contribution in [2.75, 3.05) is 6.54 Å². The van der Waals surface area contributed by atoms with Gasteiger partial charge in [0.2, 0.25) is 10.8 Å². The molecule has 2 atom stereocenters. The third-order valence-electron chi connectivity index (χ3n) is 5.31. The second-order valence-corrected chi connectivity index (χ2v) is 7.93. The van der Waals surface area contributed by atoms with E-state index in [1.54, 1.807) is 10.8 Å². The van der Waals surface area contributed by atoms with Crippen molar-refractivity contribution in [1.82, 2.24) is 14.6 Å². The highest BCUT2D eigenvalue weighted by Crippen LogP contribution is 2.35. The lowest BCUT2D eigenvalue weighted by Crippen LogP contribution is -3.12. The number of rotatable bonds is 4. The quantitative estimate of drug-likeness (QED) is 0.570. The Labute approximate surface area is 160 Å². The van der Waals surface area contributed by atoms with Gasteiger partial charge in [0, 0.05) is 18.4 Å². The summed E-state index contributed by atoms with van der Waals surface area (Å²) in [4.78, 5) is 7.48. The van der Waals surface area contributed by atoms with Gasteiger partial charge in [0.15, 0.2) is 17.6 Å². The number of aromatic nitrogens is 3. The van der Waals surface area contributed by atoms with Crippen molar-refractivity contribution < 1.29 is 14.4 Å². The van der Waals surface area contributed by atoms with Crippen molar-refractivity contribution >= 4 is 16.3 Å². The molecule has 0 radical (unpaired) electrons. The Morgan fingerprint density at radius 2 is 2.11 bits per heavy atom. The first-order valence-corrected chi connectivity index (χ1v) is 10.1. The van der Waals surface area contributed by atoms with Gasteiger partial charge in [-0.1, -0.05) is 42.5 Å². The molecule has 3 aromatic heterocycles. The Kier molecular flexibility index (Phi) is 3.98. The van der Waals surface area contributed by atoms with Gasteiger partial charge < -0.3 is 14.4 Å². The van der Waals surface area contributed by atoms with E-state index in [0.717, 1.165) is 47.4 Å². The average Bonchev–Trinajstić information content (AvgIpc) is 3.42. The predicted octanol–water partition coefficient (Wildman–Crippen LogP) is 2.38. The molecule has 1 aliphatic rings. The molecular weight excluding hydrogens is 360 g/mol. The van der Waals surface area contributed by atoms with Crippen molar-refractivity contribution in [3.63, 3.8) is 0 Å². The molecule has 1 aromatic carbocycles. The molecule has 5 rings (SSSR count). The minimum Gasteiger partial charge on any atom is -0.492 e. The third-order valence-corrected chi connectivity index (χ3v) is 6.39. The standard InChI is InChI=1S/C20H20N4O2S/c1-2-16-21-20-24(22-16)19(25)18(27-20)17(15-8-5-11-26-15)23-10-9-13-6-3-4-7-14(13)12-23/h3-8,11,17,25H,2,9-10,12H2,1H3/p+1/t17-/m1/s1. The lowest BCUT2D eigenvalue weighted by atomic mass is 9.97. The second-order valence-electron chi connectivity index (χ2n) is 6.92. The number of thiazole rings is 1. The maximum Gasteiger partial charge on any atom is 0.235 e. The van der Waals surface area contributed by atoms with Crippen LogP contribution in [-0.2, 0) is 19.4 Å². The number of nitrogens with one attached hydrogen (secondary N) is 1. The molecule has 2 N–H and O–H groups in total. The number of fused-ring (bicyclic) bond motifs is 2. The van der Waals surface area contributed by atoms with Gasteiger partial charge in [-0.25, -0.2) is 4.98 Å². The molecular formula is C20H21N4O2S+. The van der Waals surface area contributed by atoms with E-state index in [9.17, 15) is 5.11 Å². The van der Waals surface area contributed by atoms with Gasteiger partial charge in [-0.05, 0) is 17.7 Å². The Morgan fingerprint density at radius 3 is 2.85 bits per heavy atom. The van der Waals surface area contributed by atoms with Gasteiger partial charge in [0.1, 0.15) is 11.4 Å². The number of hydrogen-bond donors (Lipinski definition) is 2. The molecule has 0 aliphatic carbocycles. The molecule has 0 fully saturated rings. The van der Waals surface area contributed by atoms with Crippen LogP contribution in [0.3, 0.4) is 0 Å². The number of hydrogen-bond acceptors (Lipinski definition) is 5. The van der Waals surface area contributed by atoms with Crippen LogP contribution in [0, 0.1) is 0 Å². The Bertz CT molecular complexity index is 1080. The van der Waals surface area contributed by atoms with Crippen LogP contribution in [-0.4, -0.2) is 26.2 Å². The fourth-order valence-electron chi connectivity index (χ4n) is 3.95. The lowest BCUT2D eigenvalue weighted by Gasteiger charge is -2.31. The van der Waals surface area contributed by atoms with Crippen molar-refractivity contribution in [3.05, 3.63) is 70.3 Å². The summed E-state index contributed by atoms with van der Waals surface area (Å²) in [6, 6.07) is 12.4. The number of aromatic hydroxyl groups is 1. The molecule has 0 amide bonds. The first-order valence-electron chi connectivity index (χ1n) is 9.26. The Hall–Kier alpha value is -2.64. The molecule has 1 unspecified atom stereocenters. The summed E-state index contributed by atoms with van der Waals surface area (Å²) in [6.45, 7) is 3.89. The summed E-state index contributed by atoms with van der Waals surface area (Å²) in [5.41, 5.74) is 2.78. The van der Waals surface area contributed by atoms with E-state index in [4.69, 9.17) is 4.42 Å². The summed E-state index contributed by atoms with van der Waals surface area (Å²) >= 11 is 1.50. The fourth-order valence-corrected chi connectivity index (χ4v) is 5.09. The molecule has 6 nitrogen and oxygen atoms in total. The van der Waals surface area contributed by atoms with E-state index in [2.05, 4.69) is 34.3 Å². The van der Waals surface area contributed by atoms with Crippen LogP contribution in [0.1, 0.15) is 40.6 Å². The van der Waals surface area contributed by atoms with Crippen molar-refractivity contribution in [3.8, 4) is 5.88 Å². The summed E-state index contributed by atoms with van der Waals surface area (Å²) < 4.78 is 7.35. The molecule has 0 saturated carbocycles. The molecule has 4 heterocycles. The molecule has 7 heteroatoms. The van der Waals surface area contributed by atoms with Gasteiger partial charge >= 0.3 is 0 Å². The van der Waals surface area contributed by atoms with Gasteiger partial charge in [0.25, 0.3) is 0 Å². The second kappa shape index (κ2) is 6.51. The molecule has 0 spiro atoms. The molecule has 4 aromatic rings. The minimum atomic E-state index is -0.0769. The SMILES string of the molecule is CCc1nc2sc([C@@H](c3ccco3)[NH+]3CCc4ccccc4C3)c(O)n2n1. The average molecular weight is 381 g/mol. The van der Waals surface area contributed by atoms with Crippen LogP contribution in [0.25, 0.3) is 4.96 Å². The number of aryl methyl sites for hydroxylation is 1. The van der Waals surface area contributed by atoms with Crippen LogP contribution in [0.4, 0.5) is 0 Å².